The minimum atomic E-state index is -0.175. The van der Waals surface area contributed by atoms with Gasteiger partial charge in [0.15, 0.2) is 0 Å². The van der Waals surface area contributed by atoms with Crippen molar-refractivity contribution in [1.82, 2.24) is 20.3 Å². The molecule has 0 aliphatic carbocycles. The summed E-state index contributed by atoms with van der Waals surface area (Å²) in [4.78, 5) is 23.4. The number of carbonyl (C=O) groups is 1. The molecule has 100 valence electrons. The fraction of sp³-hybridized carbons (Fsp3) is 0.133. The number of carbonyl (C=O) groups excluding carboxylic acids is 1. The minimum absolute atomic E-state index is 0.175. The highest BCUT2D eigenvalue weighted by atomic mass is 16.1. The maximum Gasteiger partial charge on any atom is 0.270 e. The number of pyridine rings is 1. The lowest BCUT2D eigenvalue weighted by Gasteiger charge is -2.04. The van der Waals surface area contributed by atoms with Gasteiger partial charge in [-0.1, -0.05) is 12.1 Å². The van der Waals surface area contributed by atoms with E-state index in [1.165, 1.54) is 0 Å². The van der Waals surface area contributed by atoms with Gasteiger partial charge in [0.2, 0.25) is 0 Å². The molecule has 2 heterocycles. The average molecular weight is 266 g/mol. The van der Waals surface area contributed by atoms with E-state index in [1.807, 2.05) is 25.1 Å². The Kier molecular flexibility index (Phi) is 3.16. The van der Waals surface area contributed by atoms with Crippen molar-refractivity contribution < 1.29 is 4.79 Å². The minimum Gasteiger partial charge on any atom is -0.347 e. The first-order valence-electron chi connectivity index (χ1n) is 6.37. The number of H-pyrrole nitrogens is 1. The van der Waals surface area contributed by atoms with E-state index >= 15 is 0 Å². The van der Waals surface area contributed by atoms with Gasteiger partial charge in [-0.15, -0.1) is 0 Å². The van der Waals surface area contributed by atoms with Gasteiger partial charge in [0, 0.05) is 12.7 Å². The Hall–Kier alpha value is -2.69. The number of fused-ring (bicyclic) bond motifs is 1. The van der Waals surface area contributed by atoms with Gasteiger partial charge in [-0.05, 0) is 36.8 Å². The Morgan fingerprint density at radius 1 is 1.30 bits per heavy atom. The molecule has 0 saturated carbocycles. The maximum absolute atomic E-state index is 11.9. The third-order valence-electron chi connectivity index (χ3n) is 3.02. The molecular formula is C15H14N4O. The van der Waals surface area contributed by atoms with Crippen LogP contribution in [0.1, 0.15) is 21.9 Å². The van der Waals surface area contributed by atoms with E-state index in [1.54, 1.807) is 24.4 Å². The lowest BCUT2D eigenvalue weighted by Crippen LogP contribution is -2.23. The second-order valence-electron chi connectivity index (χ2n) is 4.57. The zero-order valence-electron chi connectivity index (χ0n) is 11.1. The number of nitrogens with zero attached hydrogens (tertiary/aromatic N) is 2. The van der Waals surface area contributed by atoms with Gasteiger partial charge in [-0.3, -0.25) is 9.78 Å². The molecule has 1 aromatic carbocycles. The summed E-state index contributed by atoms with van der Waals surface area (Å²) < 4.78 is 0. The molecule has 0 fully saturated rings. The zero-order valence-corrected chi connectivity index (χ0v) is 11.1. The molecule has 0 aliphatic heterocycles. The summed E-state index contributed by atoms with van der Waals surface area (Å²) in [6, 6.07) is 11.2. The van der Waals surface area contributed by atoms with Crippen molar-refractivity contribution in [1.29, 1.82) is 0 Å². The number of imidazole rings is 1. The van der Waals surface area contributed by atoms with Crippen LogP contribution in [0.2, 0.25) is 0 Å². The highest BCUT2D eigenvalue weighted by Crippen LogP contribution is 2.13. The van der Waals surface area contributed by atoms with Crippen molar-refractivity contribution in [2.75, 3.05) is 0 Å². The first-order chi connectivity index (χ1) is 9.72. The van der Waals surface area contributed by atoms with Crippen molar-refractivity contribution in [2.45, 2.75) is 13.5 Å². The number of hydrogen-bond acceptors (Lipinski definition) is 3. The zero-order chi connectivity index (χ0) is 13.9. The van der Waals surface area contributed by atoms with Gasteiger partial charge >= 0.3 is 0 Å². The van der Waals surface area contributed by atoms with Crippen LogP contribution in [0.25, 0.3) is 11.0 Å². The first kappa shape index (κ1) is 12.3. The van der Waals surface area contributed by atoms with Crippen LogP contribution in [0, 0.1) is 6.92 Å². The number of rotatable bonds is 3. The number of aromatic amines is 1. The number of amides is 1. The predicted octanol–water partition coefficient (Wildman–Crippen LogP) is 2.20. The van der Waals surface area contributed by atoms with Crippen molar-refractivity contribution >= 4 is 16.9 Å². The smallest absolute Gasteiger partial charge is 0.270 e. The third-order valence-corrected chi connectivity index (χ3v) is 3.02. The summed E-state index contributed by atoms with van der Waals surface area (Å²) in [5.41, 5.74) is 3.35. The molecular weight excluding hydrogens is 252 g/mol. The van der Waals surface area contributed by atoms with Gasteiger partial charge < -0.3 is 10.3 Å². The molecule has 20 heavy (non-hydrogen) atoms. The molecule has 0 radical (unpaired) electrons. The van der Waals surface area contributed by atoms with Gasteiger partial charge in [-0.25, -0.2) is 4.98 Å². The lowest BCUT2D eigenvalue weighted by atomic mass is 10.2. The Labute approximate surface area is 116 Å². The van der Waals surface area contributed by atoms with Gasteiger partial charge in [0.05, 0.1) is 11.0 Å². The highest BCUT2D eigenvalue weighted by molar-refractivity contribution is 5.92. The number of hydrogen-bond donors (Lipinski definition) is 2. The van der Waals surface area contributed by atoms with Crippen molar-refractivity contribution in [3.63, 3.8) is 0 Å². The normalized spacial score (nSPS) is 10.7. The summed E-state index contributed by atoms with van der Waals surface area (Å²) in [5.74, 6) is 0.709. The largest absolute Gasteiger partial charge is 0.347 e. The first-order valence-corrected chi connectivity index (χ1v) is 6.37. The summed E-state index contributed by atoms with van der Waals surface area (Å²) in [5, 5.41) is 2.85. The predicted molar refractivity (Wildman–Crippen MR) is 76.2 cm³/mol. The van der Waals surface area contributed by atoms with Crippen LogP contribution in [-0.2, 0) is 6.54 Å². The van der Waals surface area contributed by atoms with Crippen LogP contribution in [-0.4, -0.2) is 20.9 Å². The van der Waals surface area contributed by atoms with Crippen LogP contribution < -0.4 is 5.32 Å². The molecule has 1 amide bonds. The molecule has 3 rings (SSSR count). The molecule has 0 aliphatic rings. The monoisotopic (exact) mass is 266 g/mol. The number of aromatic nitrogens is 3. The molecule has 2 N–H and O–H groups in total. The molecule has 0 unspecified atom stereocenters. The van der Waals surface area contributed by atoms with E-state index in [0.29, 0.717) is 12.2 Å². The topological polar surface area (TPSA) is 70.7 Å². The summed E-state index contributed by atoms with van der Waals surface area (Å²) >= 11 is 0. The Balaban J connectivity index is 1.72. The highest BCUT2D eigenvalue weighted by Gasteiger charge is 2.06. The lowest BCUT2D eigenvalue weighted by molar-refractivity contribution is 0.0946. The molecule has 2 aromatic heterocycles. The SMILES string of the molecule is Cc1nc2ccc(CNC(=O)c3ccccn3)cc2[nH]1. The molecule has 0 saturated heterocycles. The van der Waals surface area contributed by atoms with E-state index in [0.717, 1.165) is 22.4 Å². The second kappa shape index (κ2) is 5.13. The summed E-state index contributed by atoms with van der Waals surface area (Å²) in [6.45, 7) is 2.38. The molecule has 0 bridgehead atoms. The number of nitrogens with one attached hydrogen (secondary N) is 2. The third kappa shape index (κ3) is 2.51. The van der Waals surface area contributed by atoms with Gasteiger partial charge in [0.1, 0.15) is 11.5 Å². The fourth-order valence-electron chi connectivity index (χ4n) is 2.06. The van der Waals surface area contributed by atoms with Crippen molar-refractivity contribution in [2.24, 2.45) is 0 Å². The van der Waals surface area contributed by atoms with Crippen LogP contribution in [0.4, 0.5) is 0 Å². The Bertz CT molecular complexity index is 749. The van der Waals surface area contributed by atoms with E-state index < -0.39 is 0 Å². The molecule has 5 heteroatoms. The standard InChI is InChI=1S/C15H14N4O/c1-10-18-12-6-5-11(8-14(12)19-10)9-17-15(20)13-4-2-3-7-16-13/h2-8H,9H2,1H3,(H,17,20)(H,18,19). The maximum atomic E-state index is 11.9. The van der Waals surface area contributed by atoms with E-state index in [2.05, 4.69) is 20.3 Å². The number of aryl methyl sites for hydroxylation is 1. The van der Waals surface area contributed by atoms with Gasteiger partial charge in [0.25, 0.3) is 5.91 Å². The van der Waals surface area contributed by atoms with E-state index in [9.17, 15) is 4.79 Å². The molecule has 0 atom stereocenters. The quantitative estimate of drug-likeness (QED) is 0.763. The van der Waals surface area contributed by atoms with Gasteiger partial charge in [-0.2, -0.15) is 0 Å². The average Bonchev–Trinajstić information content (AvgIpc) is 2.85. The van der Waals surface area contributed by atoms with Crippen LogP contribution in [0.15, 0.2) is 42.6 Å². The summed E-state index contributed by atoms with van der Waals surface area (Å²) in [6.07, 6.45) is 1.61. The molecule has 3 aromatic rings. The number of benzene rings is 1. The van der Waals surface area contributed by atoms with Crippen LogP contribution >= 0.6 is 0 Å². The van der Waals surface area contributed by atoms with E-state index in [4.69, 9.17) is 0 Å². The molecule has 5 nitrogen and oxygen atoms in total. The Morgan fingerprint density at radius 2 is 2.20 bits per heavy atom. The van der Waals surface area contributed by atoms with Crippen molar-refractivity contribution in [3.8, 4) is 0 Å². The van der Waals surface area contributed by atoms with Crippen LogP contribution in [0.5, 0.6) is 0 Å². The second-order valence-corrected chi connectivity index (χ2v) is 4.57. The summed E-state index contributed by atoms with van der Waals surface area (Å²) in [7, 11) is 0. The van der Waals surface area contributed by atoms with Crippen LogP contribution in [0.3, 0.4) is 0 Å². The van der Waals surface area contributed by atoms with Crippen molar-refractivity contribution in [3.05, 3.63) is 59.7 Å². The Morgan fingerprint density at radius 3 is 3.00 bits per heavy atom. The molecule has 0 spiro atoms. The van der Waals surface area contributed by atoms with E-state index in [-0.39, 0.29) is 5.91 Å². The fourth-order valence-corrected chi connectivity index (χ4v) is 2.06.